The van der Waals surface area contributed by atoms with Crippen molar-refractivity contribution in [2.45, 2.75) is 0 Å². The van der Waals surface area contributed by atoms with Crippen molar-refractivity contribution in [1.29, 1.82) is 0 Å². The first-order valence-corrected chi connectivity index (χ1v) is 7.72. The third kappa shape index (κ3) is 2.74. The van der Waals surface area contributed by atoms with E-state index in [1.807, 2.05) is 42.5 Å². The molecule has 3 rings (SSSR count). The summed E-state index contributed by atoms with van der Waals surface area (Å²) in [5.74, 6) is -0.165. The number of carbonyl (C=O) groups is 2. The zero-order chi connectivity index (χ0) is 15.5. The summed E-state index contributed by atoms with van der Waals surface area (Å²) in [5, 5.41) is 1.66. The number of hydrogen-bond acceptors (Lipinski definition) is 3. The number of hydrogen-bond donors (Lipinski definition) is 0. The summed E-state index contributed by atoms with van der Waals surface area (Å²) in [6.07, 6.45) is 0.699. The van der Waals surface area contributed by atoms with E-state index in [0.29, 0.717) is 23.2 Å². The lowest BCUT2D eigenvalue weighted by atomic mass is 10.1. The molecule has 0 aromatic heterocycles. The summed E-state index contributed by atoms with van der Waals surface area (Å²) in [6, 6.07) is 18.2. The maximum absolute atomic E-state index is 12.4. The smallest absolute Gasteiger partial charge is 0.344 e. The highest BCUT2D eigenvalue weighted by Crippen LogP contribution is 2.30. The van der Waals surface area contributed by atoms with Crippen LogP contribution in [0.15, 0.2) is 60.7 Å². The van der Waals surface area contributed by atoms with E-state index in [-0.39, 0.29) is 0 Å². The van der Waals surface area contributed by atoms with Gasteiger partial charge in [0, 0.05) is 8.96 Å². The molecule has 0 fully saturated rings. The largest absolute Gasteiger partial charge is 0.421 e. The lowest BCUT2D eigenvalue weighted by Gasteiger charge is -2.11. The van der Waals surface area contributed by atoms with E-state index < -0.39 is 5.97 Å². The van der Waals surface area contributed by atoms with Gasteiger partial charge in [-0.25, -0.2) is 4.79 Å². The predicted molar refractivity (Wildman–Crippen MR) is 93.5 cm³/mol. The Bertz CT molecular complexity index is 871. The minimum Gasteiger partial charge on any atom is -0.421 e. The Kier molecular flexibility index (Phi) is 4.20. The molecule has 0 saturated carbocycles. The summed E-state index contributed by atoms with van der Waals surface area (Å²) in [4.78, 5) is 23.7. The van der Waals surface area contributed by atoms with E-state index in [1.165, 1.54) is 0 Å². The number of halogens is 1. The van der Waals surface area contributed by atoms with Gasteiger partial charge >= 0.3 is 5.97 Å². The van der Waals surface area contributed by atoms with Crippen LogP contribution in [-0.2, 0) is 0 Å². The fourth-order valence-electron chi connectivity index (χ4n) is 2.24. The van der Waals surface area contributed by atoms with Crippen molar-refractivity contribution in [3.8, 4) is 5.75 Å². The number of fused-ring (bicyclic) bond motifs is 1. The molecule has 0 atom stereocenters. The first kappa shape index (κ1) is 14.7. The average Bonchev–Trinajstić information content (AvgIpc) is 2.55. The van der Waals surface area contributed by atoms with E-state index in [9.17, 15) is 9.59 Å². The van der Waals surface area contributed by atoms with Crippen molar-refractivity contribution in [3.05, 3.63) is 75.4 Å². The summed E-state index contributed by atoms with van der Waals surface area (Å²) in [5.41, 5.74) is 0.839. The van der Waals surface area contributed by atoms with Gasteiger partial charge in [-0.15, -0.1) is 0 Å². The topological polar surface area (TPSA) is 43.4 Å². The van der Waals surface area contributed by atoms with Crippen LogP contribution < -0.4 is 4.74 Å². The summed E-state index contributed by atoms with van der Waals surface area (Å²) >= 11 is 2.08. The molecule has 0 radical (unpaired) electrons. The van der Waals surface area contributed by atoms with Gasteiger partial charge in [0.2, 0.25) is 0 Å². The molecule has 0 bridgehead atoms. The monoisotopic (exact) mass is 402 g/mol. The molecule has 22 heavy (non-hydrogen) atoms. The number of esters is 1. The van der Waals surface area contributed by atoms with Gasteiger partial charge in [-0.3, -0.25) is 4.79 Å². The summed E-state index contributed by atoms with van der Waals surface area (Å²) in [6.45, 7) is 0. The van der Waals surface area contributed by atoms with Gasteiger partial charge in [-0.1, -0.05) is 42.5 Å². The molecule has 0 aliphatic carbocycles. The highest BCUT2D eigenvalue weighted by atomic mass is 127. The Morgan fingerprint density at radius 2 is 1.68 bits per heavy atom. The molecule has 3 aromatic carbocycles. The van der Waals surface area contributed by atoms with Crippen LogP contribution in [0.4, 0.5) is 0 Å². The van der Waals surface area contributed by atoms with Crippen molar-refractivity contribution in [1.82, 2.24) is 0 Å². The van der Waals surface area contributed by atoms with Crippen LogP contribution in [0.25, 0.3) is 10.8 Å². The molecule has 0 spiro atoms. The Hall–Kier alpha value is -2.21. The van der Waals surface area contributed by atoms with Gasteiger partial charge in [-0.2, -0.15) is 0 Å². The minimum atomic E-state index is -0.468. The van der Waals surface area contributed by atoms with Crippen molar-refractivity contribution < 1.29 is 14.3 Å². The fraction of sp³-hybridized carbons (Fsp3) is 0. The van der Waals surface area contributed by atoms with E-state index in [0.717, 1.165) is 14.3 Å². The lowest BCUT2D eigenvalue weighted by Crippen LogP contribution is -2.11. The predicted octanol–water partition coefficient (Wildman–Crippen LogP) is 4.48. The van der Waals surface area contributed by atoms with Crippen molar-refractivity contribution in [3.63, 3.8) is 0 Å². The molecule has 3 aromatic rings. The standard InChI is InChI=1S/C18H11IO3/c19-16-8-4-3-7-15(16)18(21)22-17-13(11-20)10-9-12-5-1-2-6-14(12)17/h1-11H. The molecule has 0 amide bonds. The maximum Gasteiger partial charge on any atom is 0.344 e. The van der Waals surface area contributed by atoms with E-state index >= 15 is 0 Å². The van der Waals surface area contributed by atoms with E-state index in [2.05, 4.69) is 22.6 Å². The Morgan fingerprint density at radius 1 is 0.955 bits per heavy atom. The van der Waals surface area contributed by atoms with Crippen molar-refractivity contribution in [2.75, 3.05) is 0 Å². The molecule has 0 unspecified atom stereocenters. The minimum absolute atomic E-state index is 0.303. The van der Waals surface area contributed by atoms with Crippen LogP contribution >= 0.6 is 22.6 Å². The van der Waals surface area contributed by atoms with Crippen LogP contribution in [0.5, 0.6) is 5.75 Å². The molecule has 0 aliphatic heterocycles. The van der Waals surface area contributed by atoms with Crippen molar-refractivity contribution >= 4 is 45.6 Å². The molecular weight excluding hydrogens is 391 g/mol. The van der Waals surface area contributed by atoms with E-state index in [1.54, 1.807) is 18.2 Å². The third-order valence-electron chi connectivity index (χ3n) is 3.33. The number of ether oxygens (including phenoxy) is 1. The third-order valence-corrected chi connectivity index (χ3v) is 4.27. The Labute approximate surface area is 141 Å². The number of rotatable bonds is 3. The second-order valence-electron chi connectivity index (χ2n) is 4.69. The molecule has 0 saturated heterocycles. The van der Waals surface area contributed by atoms with E-state index in [4.69, 9.17) is 4.74 Å². The molecule has 108 valence electrons. The van der Waals surface area contributed by atoms with Crippen LogP contribution in [0.2, 0.25) is 0 Å². The van der Waals surface area contributed by atoms with Gasteiger partial charge in [0.05, 0.1) is 11.1 Å². The highest BCUT2D eigenvalue weighted by Gasteiger charge is 2.16. The Balaban J connectivity index is 2.08. The first-order chi connectivity index (χ1) is 10.7. The SMILES string of the molecule is O=Cc1ccc2ccccc2c1OC(=O)c1ccccc1I. The average molecular weight is 402 g/mol. The van der Waals surface area contributed by atoms with Gasteiger partial charge in [0.25, 0.3) is 0 Å². The zero-order valence-electron chi connectivity index (χ0n) is 11.5. The second kappa shape index (κ2) is 6.27. The van der Waals surface area contributed by atoms with Gasteiger partial charge in [-0.05, 0) is 46.2 Å². The van der Waals surface area contributed by atoms with Gasteiger partial charge < -0.3 is 4.74 Å². The van der Waals surface area contributed by atoms with Gasteiger partial charge in [0.1, 0.15) is 5.75 Å². The molecule has 4 heteroatoms. The number of aldehydes is 1. The van der Waals surface area contributed by atoms with Crippen LogP contribution in [0, 0.1) is 3.57 Å². The van der Waals surface area contributed by atoms with Crippen molar-refractivity contribution in [2.24, 2.45) is 0 Å². The van der Waals surface area contributed by atoms with Gasteiger partial charge in [0.15, 0.2) is 6.29 Å². The van der Waals surface area contributed by atoms with Crippen LogP contribution in [0.3, 0.4) is 0 Å². The number of carbonyl (C=O) groups excluding carboxylic acids is 2. The highest BCUT2D eigenvalue weighted by molar-refractivity contribution is 14.1. The molecular formula is C18H11IO3. The lowest BCUT2D eigenvalue weighted by molar-refractivity contribution is 0.0735. The molecule has 3 nitrogen and oxygen atoms in total. The maximum atomic E-state index is 12.4. The molecule has 0 aliphatic rings. The second-order valence-corrected chi connectivity index (χ2v) is 5.85. The fourth-order valence-corrected chi connectivity index (χ4v) is 2.85. The summed E-state index contributed by atoms with van der Waals surface area (Å²) < 4.78 is 6.35. The zero-order valence-corrected chi connectivity index (χ0v) is 13.6. The molecule has 0 N–H and O–H groups in total. The summed E-state index contributed by atoms with van der Waals surface area (Å²) in [7, 11) is 0. The first-order valence-electron chi connectivity index (χ1n) is 6.64. The molecule has 0 heterocycles. The van der Waals surface area contributed by atoms with Crippen LogP contribution in [-0.4, -0.2) is 12.3 Å². The Morgan fingerprint density at radius 3 is 2.45 bits per heavy atom. The van der Waals surface area contributed by atoms with Crippen LogP contribution in [0.1, 0.15) is 20.7 Å². The normalized spacial score (nSPS) is 10.4. The number of benzene rings is 3. The quantitative estimate of drug-likeness (QED) is 0.281.